The molecule has 0 unspecified atom stereocenters. The molecule has 0 fully saturated rings. The molecule has 2 heterocycles. The van der Waals surface area contributed by atoms with Gasteiger partial charge in [-0.25, -0.2) is 14.4 Å². The highest BCUT2D eigenvalue weighted by atomic mass is 19.1. The molecular weight excluding hydrogens is 409 g/mol. The Labute approximate surface area is 184 Å². The maximum absolute atomic E-state index is 13.8. The molecule has 1 amide bonds. The number of carbonyl (C=O) groups excluding carboxylic acids is 1. The smallest absolute Gasteiger partial charge is 0.217 e. The number of anilines is 1. The minimum absolute atomic E-state index is 0.267. The number of rotatable bonds is 8. The number of benzene rings is 2. The Morgan fingerprint density at radius 1 is 1.09 bits per heavy atom. The number of carbonyl (C=O) groups is 1. The Hall–Kier alpha value is -4.07. The monoisotopic (exact) mass is 431 g/mol. The summed E-state index contributed by atoms with van der Waals surface area (Å²) in [5.74, 6) is 0.921. The molecule has 3 N–H and O–H groups in total. The summed E-state index contributed by atoms with van der Waals surface area (Å²) in [6, 6.07) is 13.8. The van der Waals surface area contributed by atoms with Gasteiger partial charge < -0.3 is 15.8 Å². The van der Waals surface area contributed by atoms with Crippen molar-refractivity contribution in [1.29, 1.82) is 0 Å². The topological polar surface area (TPSA) is 103 Å². The third-order valence-electron chi connectivity index (χ3n) is 4.96. The molecule has 2 aromatic heterocycles. The standard InChI is InChI=1S/C24H22FN5O2/c1-32-20-13-17(15-5-2-7-18(25)11-15)12-19-22(20)29-23(16-6-3-9-27-14-16)30-24(19)28-10-4-8-21(26)31/h2-3,5-7,9,11-14H,4,8,10H2,1H3,(H2,26,31)(H,28,29,30). The van der Waals surface area contributed by atoms with Crippen molar-refractivity contribution in [3.8, 4) is 28.3 Å². The number of fused-ring (bicyclic) bond motifs is 1. The minimum Gasteiger partial charge on any atom is -0.494 e. The second-order valence-electron chi connectivity index (χ2n) is 7.22. The van der Waals surface area contributed by atoms with E-state index in [0.717, 1.165) is 16.5 Å². The predicted octanol–water partition coefficient (Wildman–Crippen LogP) is 4.18. The predicted molar refractivity (Wildman–Crippen MR) is 122 cm³/mol. The second kappa shape index (κ2) is 9.38. The molecule has 4 aromatic rings. The lowest BCUT2D eigenvalue weighted by Crippen LogP contribution is -2.13. The van der Waals surface area contributed by atoms with Crippen LogP contribution in [-0.4, -0.2) is 34.5 Å². The number of nitrogens with one attached hydrogen (secondary N) is 1. The molecule has 162 valence electrons. The molecule has 7 nitrogen and oxygen atoms in total. The first-order valence-corrected chi connectivity index (χ1v) is 10.1. The van der Waals surface area contributed by atoms with Crippen LogP contribution in [0.25, 0.3) is 33.4 Å². The molecular formula is C24H22FN5O2. The van der Waals surface area contributed by atoms with Crippen LogP contribution in [0.2, 0.25) is 0 Å². The Bertz CT molecular complexity index is 1260. The fourth-order valence-corrected chi connectivity index (χ4v) is 3.42. The number of aromatic nitrogens is 3. The minimum atomic E-state index is -0.356. The van der Waals surface area contributed by atoms with Gasteiger partial charge in [-0.3, -0.25) is 9.78 Å². The fourth-order valence-electron chi connectivity index (χ4n) is 3.42. The van der Waals surface area contributed by atoms with E-state index in [1.807, 2.05) is 30.3 Å². The summed E-state index contributed by atoms with van der Waals surface area (Å²) in [6.07, 6.45) is 4.19. The highest BCUT2D eigenvalue weighted by molar-refractivity contribution is 5.97. The van der Waals surface area contributed by atoms with Gasteiger partial charge in [0.05, 0.1) is 7.11 Å². The van der Waals surface area contributed by atoms with E-state index in [4.69, 9.17) is 20.4 Å². The molecule has 32 heavy (non-hydrogen) atoms. The van der Waals surface area contributed by atoms with Crippen LogP contribution in [0.15, 0.2) is 60.9 Å². The summed E-state index contributed by atoms with van der Waals surface area (Å²) in [5.41, 5.74) is 8.10. The summed E-state index contributed by atoms with van der Waals surface area (Å²) in [7, 11) is 1.57. The summed E-state index contributed by atoms with van der Waals surface area (Å²) >= 11 is 0. The Kier molecular flexibility index (Phi) is 6.21. The van der Waals surface area contributed by atoms with Crippen molar-refractivity contribution in [3.63, 3.8) is 0 Å². The van der Waals surface area contributed by atoms with Crippen molar-refractivity contribution in [3.05, 3.63) is 66.7 Å². The third-order valence-corrected chi connectivity index (χ3v) is 4.96. The molecule has 0 radical (unpaired) electrons. The maximum Gasteiger partial charge on any atom is 0.217 e. The second-order valence-corrected chi connectivity index (χ2v) is 7.22. The van der Waals surface area contributed by atoms with Gasteiger partial charge in [-0.2, -0.15) is 0 Å². The SMILES string of the molecule is COc1cc(-c2cccc(F)c2)cc2c(NCCCC(N)=O)nc(-c3cccnc3)nc12. The summed E-state index contributed by atoms with van der Waals surface area (Å²) in [4.78, 5) is 24.7. The molecule has 4 rings (SSSR count). The number of nitrogens with zero attached hydrogens (tertiary/aromatic N) is 3. The van der Waals surface area contributed by atoms with Gasteiger partial charge in [-0.15, -0.1) is 0 Å². The maximum atomic E-state index is 13.8. The van der Waals surface area contributed by atoms with Crippen molar-refractivity contribution in [2.24, 2.45) is 5.73 Å². The van der Waals surface area contributed by atoms with Gasteiger partial charge in [0.1, 0.15) is 22.9 Å². The Morgan fingerprint density at radius 2 is 1.94 bits per heavy atom. The van der Waals surface area contributed by atoms with E-state index in [9.17, 15) is 9.18 Å². The highest BCUT2D eigenvalue weighted by Crippen LogP contribution is 2.36. The van der Waals surface area contributed by atoms with Gasteiger partial charge in [0.2, 0.25) is 5.91 Å². The number of hydrogen-bond acceptors (Lipinski definition) is 6. The Morgan fingerprint density at radius 3 is 2.66 bits per heavy atom. The average Bonchev–Trinajstić information content (AvgIpc) is 2.81. The van der Waals surface area contributed by atoms with Gasteiger partial charge in [0.15, 0.2) is 5.82 Å². The number of primary amides is 1. The average molecular weight is 431 g/mol. The molecule has 0 bridgehead atoms. The molecule has 0 saturated carbocycles. The summed E-state index contributed by atoms with van der Waals surface area (Å²) in [5, 5.41) is 4.00. The largest absolute Gasteiger partial charge is 0.494 e. The van der Waals surface area contributed by atoms with Crippen LogP contribution in [0, 0.1) is 5.82 Å². The molecule has 0 spiro atoms. The van der Waals surface area contributed by atoms with Crippen LogP contribution in [-0.2, 0) is 4.79 Å². The lowest BCUT2D eigenvalue weighted by atomic mass is 10.0. The van der Waals surface area contributed by atoms with Crippen molar-refractivity contribution in [2.45, 2.75) is 12.8 Å². The number of pyridine rings is 1. The van der Waals surface area contributed by atoms with Gasteiger partial charge >= 0.3 is 0 Å². The van der Waals surface area contributed by atoms with Crippen LogP contribution >= 0.6 is 0 Å². The number of ether oxygens (including phenoxy) is 1. The lowest BCUT2D eigenvalue weighted by molar-refractivity contribution is -0.118. The molecule has 0 aliphatic heterocycles. The van der Waals surface area contributed by atoms with Crippen LogP contribution in [0.1, 0.15) is 12.8 Å². The van der Waals surface area contributed by atoms with E-state index in [0.29, 0.717) is 41.4 Å². The first-order valence-electron chi connectivity index (χ1n) is 10.1. The van der Waals surface area contributed by atoms with E-state index < -0.39 is 0 Å². The molecule has 2 aromatic carbocycles. The zero-order valence-corrected chi connectivity index (χ0v) is 17.5. The van der Waals surface area contributed by atoms with E-state index in [-0.39, 0.29) is 18.1 Å². The number of amides is 1. The van der Waals surface area contributed by atoms with Crippen LogP contribution < -0.4 is 15.8 Å². The Balaban J connectivity index is 1.86. The van der Waals surface area contributed by atoms with Crippen molar-refractivity contribution >= 4 is 22.6 Å². The molecule has 0 aliphatic carbocycles. The van der Waals surface area contributed by atoms with Gasteiger partial charge in [0, 0.05) is 36.3 Å². The van der Waals surface area contributed by atoms with Gasteiger partial charge in [0.25, 0.3) is 0 Å². The highest BCUT2D eigenvalue weighted by Gasteiger charge is 2.16. The summed E-state index contributed by atoms with van der Waals surface area (Å²) in [6.45, 7) is 0.494. The van der Waals surface area contributed by atoms with E-state index >= 15 is 0 Å². The molecule has 0 saturated heterocycles. The summed E-state index contributed by atoms with van der Waals surface area (Å²) < 4.78 is 19.5. The molecule has 0 aliphatic rings. The fraction of sp³-hybridized carbons (Fsp3) is 0.167. The van der Waals surface area contributed by atoms with E-state index in [1.165, 1.54) is 12.1 Å². The van der Waals surface area contributed by atoms with E-state index in [2.05, 4.69) is 10.3 Å². The van der Waals surface area contributed by atoms with Gasteiger partial charge in [-0.1, -0.05) is 12.1 Å². The van der Waals surface area contributed by atoms with Crippen molar-refractivity contribution < 1.29 is 13.9 Å². The first kappa shape index (κ1) is 21.2. The van der Waals surface area contributed by atoms with Gasteiger partial charge in [-0.05, 0) is 53.9 Å². The van der Waals surface area contributed by atoms with E-state index in [1.54, 1.807) is 25.6 Å². The van der Waals surface area contributed by atoms with Crippen LogP contribution in [0.4, 0.5) is 10.2 Å². The number of halogens is 1. The third kappa shape index (κ3) is 4.64. The molecule has 8 heteroatoms. The van der Waals surface area contributed by atoms with Crippen LogP contribution in [0.5, 0.6) is 5.75 Å². The van der Waals surface area contributed by atoms with Crippen LogP contribution in [0.3, 0.4) is 0 Å². The molecule has 0 atom stereocenters. The normalized spacial score (nSPS) is 10.8. The zero-order valence-electron chi connectivity index (χ0n) is 17.5. The van der Waals surface area contributed by atoms with Crippen molar-refractivity contribution in [2.75, 3.05) is 19.0 Å². The first-order chi connectivity index (χ1) is 15.5. The number of hydrogen-bond donors (Lipinski definition) is 2. The number of nitrogens with two attached hydrogens (primary N) is 1. The lowest BCUT2D eigenvalue weighted by Gasteiger charge is -2.15. The van der Waals surface area contributed by atoms with Crippen molar-refractivity contribution in [1.82, 2.24) is 15.0 Å². The number of methoxy groups -OCH3 is 1. The quantitative estimate of drug-likeness (QED) is 0.406. The zero-order chi connectivity index (χ0) is 22.5.